The number of ether oxygens (including phenoxy) is 2. The van der Waals surface area contributed by atoms with Crippen molar-refractivity contribution in [3.63, 3.8) is 0 Å². The van der Waals surface area contributed by atoms with Gasteiger partial charge in [0.2, 0.25) is 11.8 Å². The highest BCUT2D eigenvalue weighted by Crippen LogP contribution is 2.43. The van der Waals surface area contributed by atoms with Gasteiger partial charge in [-0.2, -0.15) is 4.98 Å². The Hall–Kier alpha value is -4.63. The van der Waals surface area contributed by atoms with E-state index in [0.29, 0.717) is 17.4 Å². The number of carbonyl (C=O) groups excluding carboxylic acids is 1. The molecule has 1 aromatic heterocycles. The van der Waals surface area contributed by atoms with Crippen molar-refractivity contribution in [2.24, 2.45) is 0 Å². The summed E-state index contributed by atoms with van der Waals surface area (Å²) in [5.41, 5.74) is 5.62. The van der Waals surface area contributed by atoms with Gasteiger partial charge < -0.3 is 29.9 Å². The minimum atomic E-state index is -0.357. The standard InChI is InChI=1S/C34H38N6O3/c1-22-8-6-9-23(2)29(22)37-31(41)27-21-35-33(36-25-12-14-26(15-13-25)40-18-16-39(5)17-19-40)38-32(27)42-28-11-7-10-24-20-34(3,4)43-30(24)28/h6-15,21H,16-20H2,1-5H3,(H,37,41)(H,35,36,38). The van der Waals surface area contributed by atoms with E-state index in [2.05, 4.69) is 49.6 Å². The average Bonchev–Trinajstić information content (AvgIpc) is 3.31. The molecule has 2 aliphatic rings. The zero-order valence-electron chi connectivity index (χ0n) is 25.4. The summed E-state index contributed by atoms with van der Waals surface area (Å²) in [7, 11) is 2.15. The normalized spacial score (nSPS) is 15.9. The summed E-state index contributed by atoms with van der Waals surface area (Å²) < 4.78 is 12.6. The van der Waals surface area contributed by atoms with Gasteiger partial charge in [0.25, 0.3) is 5.91 Å². The van der Waals surface area contributed by atoms with Gasteiger partial charge in [-0.05, 0) is 76.2 Å². The molecule has 2 N–H and O–H groups in total. The van der Waals surface area contributed by atoms with Crippen LogP contribution in [-0.2, 0) is 6.42 Å². The summed E-state index contributed by atoms with van der Waals surface area (Å²) in [6, 6.07) is 19.9. The van der Waals surface area contributed by atoms with Gasteiger partial charge in [0.1, 0.15) is 11.2 Å². The molecule has 9 heteroatoms. The summed E-state index contributed by atoms with van der Waals surface area (Å²) in [6.45, 7) is 12.1. The number of piperazine rings is 1. The molecule has 1 fully saturated rings. The Morgan fingerprint density at radius 1 is 0.953 bits per heavy atom. The number of carbonyl (C=O) groups is 1. The lowest BCUT2D eigenvalue weighted by Gasteiger charge is -2.34. The van der Waals surface area contributed by atoms with E-state index in [9.17, 15) is 4.79 Å². The topological polar surface area (TPSA) is 91.9 Å². The minimum Gasteiger partial charge on any atom is -0.483 e. The molecule has 4 aromatic rings. The van der Waals surface area contributed by atoms with Gasteiger partial charge in [0, 0.05) is 61.4 Å². The van der Waals surface area contributed by atoms with Crippen molar-refractivity contribution in [2.75, 3.05) is 48.8 Å². The predicted molar refractivity (Wildman–Crippen MR) is 170 cm³/mol. The third-order valence-electron chi connectivity index (χ3n) is 7.97. The van der Waals surface area contributed by atoms with Crippen LogP contribution >= 0.6 is 0 Å². The number of hydrogen-bond acceptors (Lipinski definition) is 8. The first-order chi connectivity index (χ1) is 20.6. The molecule has 222 valence electrons. The van der Waals surface area contributed by atoms with Gasteiger partial charge in [-0.1, -0.05) is 30.3 Å². The summed E-state index contributed by atoms with van der Waals surface area (Å²) >= 11 is 0. The Labute approximate surface area is 252 Å². The maximum Gasteiger partial charge on any atom is 0.262 e. The van der Waals surface area contributed by atoms with Crippen LogP contribution in [0.25, 0.3) is 0 Å². The van der Waals surface area contributed by atoms with E-state index < -0.39 is 0 Å². The summed E-state index contributed by atoms with van der Waals surface area (Å²) in [5, 5.41) is 6.31. The molecule has 0 bridgehead atoms. The van der Waals surface area contributed by atoms with Crippen molar-refractivity contribution in [3.8, 4) is 17.4 Å². The lowest BCUT2D eigenvalue weighted by atomic mass is 10.0. The highest BCUT2D eigenvalue weighted by atomic mass is 16.5. The maximum atomic E-state index is 13.6. The van der Waals surface area contributed by atoms with Crippen molar-refractivity contribution in [2.45, 2.75) is 39.7 Å². The number of para-hydroxylation sites is 2. The molecular weight excluding hydrogens is 540 g/mol. The lowest BCUT2D eigenvalue weighted by molar-refractivity contribution is 0.102. The van der Waals surface area contributed by atoms with Crippen molar-refractivity contribution in [1.29, 1.82) is 0 Å². The Balaban J connectivity index is 1.29. The number of aromatic nitrogens is 2. The van der Waals surface area contributed by atoms with Gasteiger partial charge in [-0.25, -0.2) is 4.98 Å². The number of rotatable bonds is 7. The smallest absolute Gasteiger partial charge is 0.262 e. The summed E-state index contributed by atoms with van der Waals surface area (Å²) in [6.07, 6.45) is 2.26. The first-order valence-corrected chi connectivity index (χ1v) is 14.7. The van der Waals surface area contributed by atoms with E-state index >= 15 is 0 Å². The van der Waals surface area contributed by atoms with Crippen LogP contribution in [0, 0.1) is 13.8 Å². The Kier molecular flexibility index (Phi) is 7.66. The average molecular weight is 579 g/mol. The number of benzene rings is 3. The number of nitrogens with zero attached hydrogens (tertiary/aromatic N) is 4. The molecule has 2 aliphatic heterocycles. The number of anilines is 4. The number of fused-ring (bicyclic) bond motifs is 1. The molecule has 9 nitrogen and oxygen atoms in total. The second-order valence-corrected chi connectivity index (χ2v) is 12.0. The zero-order valence-corrected chi connectivity index (χ0v) is 25.4. The monoisotopic (exact) mass is 578 g/mol. The molecule has 0 unspecified atom stereocenters. The Morgan fingerprint density at radius 2 is 1.65 bits per heavy atom. The van der Waals surface area contributed by atoms with Crippen LogP contribution in [-0.4, -0.2) is 59.6 Å². The van der Waals surface area contributed by atoms with Gasteiger partial charge in [-0.15, -0.1) is 0 Å². The first kappa shape index (κ1) is 28.5. The van der Waals surface area contributed by atoms with Gasteiger partial charge in [-0.3, -0.25) is 4.79 Å². The largest absolute Gasteiger partial charge is 0.483 e. The van der Waals surface area contributed by atoms with Crippen LogP contribution in [0.2, 0.25) is 0 Å². The van der Waals surface area contributed by atoms with Gasteiger partial charge in [0.05, 0.1) is 0 Å². The van der Waals surface area contributed by atoms with Crippen molar-refractivity contribution in [3.05, 3.63) is 89.1 Å². The molecule has 6 rings (SSSR count). The van der Waals surface area contributed by atoms with E-state index in [4.69, 9.17) is 9.47 Å². The zero-order chi connectivity index (χ0) is 30.1. The van der Waals surface area contributed by atoms with Crippen LogP contribution in [0.3, 0.4) is 0 Å². The predicted octanol–water partition coefficient (Wildman–Crippen LogP) is 6.35. The van der Waals surface area contributed by atoms with E-state index in [0.717, 1.165) is 60.7 Å². The molecule has 0 spiro atoms. The van der Waals surface area contributed by atoms with E-state index in [1.165, 1.54) is 11.9 Å². The van der Waals surface area contributed by atoms with Crippen molar-refractivity contribution >= 4 is 28.9 Å². The van der Waals surface area contributed by atoms with Crippen LogP contribution in [0.4, 0.5) is 23.0 Å². The van der Waals surface area contributed by atoms with E-state index in [1.807, 2.05) is 76.2 Å². The van der Waals surface area contributed by atoms with Crippen LogP contribution < -0.4 is 25.0 Å². The summed E-state index contributed by atoms with van der Waals surface area (Å²) in [5.74, 6) is 1.27. The third-order valence-corrected chi connectivity index (χ3v) is 7.97. The van der Waals surface area contributed by atoms with Crippen molar-refractivity contribution < 1.29 is 14.3 Å². The van der Waals surface area contributed by atoms with Crippen LogP contribution in [0.1, 0.15) is 40.9 Å². The molecule has 0 radical (unpaired) electrons. The minimum absolute atomic E-state index is 0.136. The second kappa shape index (κ2) is 11.6. The fourth-order valence-electron chi connectivity index (χ4n) is 5.57. The molecule has 1 saturated heterocycles. The second-order valence-electron chi connectivity index (χ2n) is 12.0. The fourth-order valence-corrected chi connectivity index (χ4v) is 5.57. The van der Waals surface area contributed by atoms with Crippen LogP contribution in [0.5, 0.6) is 17.4 Å². The van der Waals surface area contributed by atoms with E-state index in [-0.39, 0.29) is 23.0 Å². The summed E-state index contributed by atoms with van der Waals surface area (Å²) in [4.78, 5) is 27.5. The lowest BCUT2D eigenvalue weighted by Crippen LogP contribution is -2.44. The molecule has 43 heavy (non-hydrogen) atoms. The molecule has 0 aliphatic carbocycles. The SMILES string of the molecule is Cc1cccc(C)c1NC(=O)c1cnc(Nc2ccc(N3CCN(C)CC3)cc2)nc1Oc1cccc2c1OC(C)(C)C2. The number of hydrogen-bond donors (Lipinski definition) is 2. The highest BCUT2D eigenvalue weighted by molar-refractivity contribution is 6.06. The van der Waals surface area contributed by atoms with E-state index in [1.54, 1.807) is 0 Å². The molecule has 3 aromatic carbocycles. The quantitative estimate of drug-likeness (QED) is 0.262. The number of aryl methyl sites for hydroxylation is 2. The highest BCUT2D eigenvalue weighted by Gasteiger charge is 2.33. The third kappa shape index (κ3) is 6.27. The Bertz CT molecular complexity index is 1620. The maximum absolute atomic E-state index is 13.6. The van der Waals surface area contributed by atoms with Gasteiger partial charge >= 0.3 is 0 Å². The van der Waals surface area contributed by atoms with Crippen LogP contribution in [0.15, 0.2) is 66.9 Å². The molecule has 0 atom stereocenters. The Morgan fingerprint density at radius 3 is 2.37 bits per heavy atom. The number of amides is 1. The van der Waals surface area contributed by atoms with Crippen molar-refractivity contribution in [1.82, 2.24) is 14.9 Å². The molecule has 1 amide bonds. The fraction of sp³-hybridized carbons (Fsp3) is 0.324. The number of likely N-dealkylation sites (N-methyl/N-ethyl adjacent to an activating group) is 1. The molecule has 3 heterocycles. The van der Waals surface area contributed by atoms with Gasteiger partial charge in [0.15, 0.2) is 11.5 Å². The first-order valence-electron chi connectivity index (χ1n) is 14.7. The molecular formula is C34H38N6O3. The number of nitrogens with one attached hydrogen (secondary N) is 2. The molecule has 0 saturated carbocycles.